The molecule has 2 aliphatic heterocycles. The predicted octanol–water partition coefficient (Wildman–Crippen LogP) is 4.86. The molecule has 4 radical (unpaired) electrons. The van der Waals surface area contributed by atoms with E-state index in [1.165, 1.54) is 30.3 Å². The van der Waals surface area contributed by atoms with Gasteiger partial charge in [0.2, 0.25) is 0 Å². The normalized spacial score (nSPS) is 21.2. The van der Waals surface area contributed by atoms with Crippen LogP contribution in [-0.4, -0.2) is 52.9 Å². The van der Waals surface area contributed by atoms with Crippen LogP contribution in [0.15, 0.2) is 55.1 Å². The van der Waals surface area contributed by atoms with Gasteiger partial charge in [-0.1, -0.05) is 55.1 Å². The molecule has 0 saturated carbocycles. The lowest BCUT2D eigenvalue weighted by molar-refractivity contribution is 0.239. The first-order valence-electron chi connectivity index (χ1n) is 13.1. The third-order valence-electron chi connectivity index (χ3n) is 7.88. The zero-order chi connectivity index (χ0) is 25.5. The fraction of sp³-hybridized carbons (Fsp3) is 0.433. The van der Waals surface area contributed by atoms with Crippen molar-refractivity contribution < 1.29 is 0 Å². The second-order valence-corrected chi connectivity index (χ2v) is 11.4. The quantitative estimate of drug-likeness (QED) is 0.502. The number of aromatic nitrogens is 1. The molecule has 4 nitrogen and oxygen atoms in total. The van der Waals surface area contributed by atoms with Crippen LogP contribution in [0.2, 0.25) is 5.21 Å². The Balaban J connectivity index is 1.56. The first-order valence-corrected chi connectivity index (χ1v) is 13.1. The van der Waals surface area contributed by atoms with Crippen molar-refractivity contribution in [1.29, 1.82) is 0 Å². The van der Waals surface area contributed by atoms with Gasteiger partial charge in [0.1, 0.15) is 0 Å². The highest BCUT2D eigenvalue weighted by Crippen LogP contribution is 2.41. The Bertz CT molecular complexity index is 1250. The van der Waals surface area contributed by atoms with E-state index in [-0.39, 0.29) is 6.04 Å². The van der Waals surface area contributed by atoms with Crippen molar-refractivity contribution in [3.63, 3.8) is 0 Å². The summed E-state index contributed by atoms with van der Waals surface area (Å²) in [6, 6.07) is 17.1. The summed E-state index contributed by atoms with van der Waals surface area (Å²) in [5, 5.41) is 4.06. The molecule has 1 aromatic heterocycles. The van der Waals surface area contributed by atoms with Crippen molar-refractivity contribution in [3.8, 4) is 11.3 Å². The van der Waals surface area contributed by atoms with E-state index in [4.69, 9.17) is 26.4 Å². The summed E-state index contributed by atoms with van der Waals surface area (Å²) in [5.74, 6) is 0. The van der Waals surface area contributed by atoms with Crippen LogP contribution in [-0.2, 0) is 6.42 Å². The molecule has 36 heavy (non-hydrogen) atoms. The standard InChI is InChI=1S/C30H36B2N4/c1-20(21(2)33)23-6-8-24(9-7-23)26-16-28(36-14-12-30(19-36)11-4-13-34-18-30)25-10-5-22(15-27(25)35-26)17-29(3,31)32/h5-10,15-16,21,34H,1,4,11-14,17-19,33H2,2-3H3. The van der Waals surface area contributed by atoms with Gasteiger partial charge in [-0.3, -0.25) is 0 Å². The minimum absolute atomic E-state index is 0.0767. The molecule has 2 aliphatic rings. The molecule has 5 rings (SSSR count). The fourth-order valence-corrected chi connectivity index (χ4v) is 5.85. The molecule has 0 aliphatic carbocycles. The van der Waals surface area contributed by atoms with Gasteiger partial charge < -0.3 is 16.0 Å². The van der Waals surface area contributed by atoms with Crippen LogP contribution in [0.3, 0.4) is 0 Å². The monoisotopic (exact) mass is 474 g/mol. The molecule has 3 N–H and O–H groups in total. The largest absolute Gasteiger partial charge is 0.370 e. The molecule has 0 amide bonds. The summed E-state index contributed by atoms with van der Waals surface area (Å²) >= 11 is 0. The molecule has 3 aromatic rings. The van der Waals surface area contributed by atoms with Crippen molar-refractivity contribution in [2.45, 2.75) is 50.8 Å². The van der Waals surface area contributed by atoms with Crippen LogP contribution in [0, 0.1) is 5.41 Å². The average Bonchev–Trinajstić information content (AvgIpc) is 3.25. The number of nitrogens with one attached hydrogen (secondary N) is 1. The summed E-state index contributed by atoms with van der Waals surface area (Å²) in [5.41, 5.74) is 13.8. The fourth-order valence-electron chi connectivity index (χ4n) is 5.85. The maximum absolute atomic E-state index is 6.13. The van der Waals surface area contributed by atoms with E-state index in [1.807, 2.05) is 13.8 Å². The zero-order valence-electron chi connectivity index (χ0n) is 21.7. The lowest BCUT2D eigenvalue weighted by atomic mass is 9.53. The molecule has 2 fully saturated rings. The number of anilines is 1. The highest BCUT2D eigenvalue weighted by molar-refractivity contribution is 6.39. The number of hydrogen-bond acceptors (Lipinski definition) is 4. The first kappa shape index (κ1) is 25.1. The van der Waals surface area contributed by atoms with Gasteiger partial charge in [-0.2, -0.15) is 0 Å². The molecule has 6 heteroatoms. The van der Waals surface area contributed by atoms with E-state index >= 15 is 0 Å². The number of pyridine rings is 1. The summed E-state index contributed by atoms with van der Waals surface area (Å²) < 4.78 is 0. The number of piperidine rings is 1. The summed E-state index contributed by atoms with van der Waals surface area (Å²) in [7, 11) is 12.3. The van der Waals surface area contributed by atoms with Crippen molar-refractivity contribution in [2.75, 3.05) is 31.1 Å². The van der Waals surface area contributed by atoms with Crippen molar-refractivity contribution in [2.24, 2.45) is 11.1 Å². The van der Waals surface area contributed by atoms with Gasteiger partial charge in [0.15, 0.2) is 0 Å². The topological polar surface area (TPSA) is 54.2 Å². The van der Waals surface area contributed by atoms with E-state index < -0.39 is 5.21 Å². The van der Waals surface area contributed by atoms with Crippen molar-refractivity contribution in [1.82, 2.24) is 10.3 Å². The first-order chi connectivity index (χ1) is 17.1. The van der Waals surface area contributed by atoms with Gasteiger partial charge in [-0.25, -0.2) is 4.98 Å². The van der Waals surface area contributed by atoms with Gasteiger partial charge in [0, 0.05) is 47.7 Å². The number of hydrogen-bond donors (Lipinski definition) is 2. The molecular weight excluding hydrogens is 438 g/mol. The molecule has 2 aromatic carbocycles. The van der Waals surface area contributed by atoms with Gasteiger partial charge in [0.25, 0.3) is 0 Å². The Morgan fingerprint density at radius 3 is 2.64 bits per heavy atom. The smallest absolute Gasteiger partial charge is 0.0733 e. The van der Waals surface area contributed by atoms with Crippen LogP contribution in [0.25, 0.3) is 27.7 Å². The summed E-state index contributed by atoms with van der Waals surface area (Å²) in [6.45, 7) is 12.4. The van der Waals surface area contributed by atoms with Gasteiger partial charge in [0.05, 0.1) is 26.9 Å². The number of benzene rings is 2. The SMILES string of the molecule is [B]C([B])(C)Cc1ccc2c(N3CCC4(CCCNC4)C3)cc(-c3ccc(C(=C)C(C)N)cc3)nc2c1. The highest BCUT2D eigenvalue weighted by atomic mass is 15.2. The minimum atomic E-state index is -0.762. The van der Waals surface area contributed by atoms with Crippen LogP contribution < -0.4 is 16.0 Å². The van der Waals surface area contributed by atoms with Crippen LogP contribution >= 0.6 is 0 Å². The van der Waals surface area contributed by atoms with Crippen LogP contribution in [0.5, 0.6) is 0 Å². The van der Waals surface area contributed by atoms with E-state index in [0.717, 1.165) is 59.7 Å². The van der Waals surface area contributed by atoms with E-state index in [1.54, 1.807) is 0 Å². The lowest BCUT2D eigenvalue weighted by Gasteiger charge is -2.34. The molecule has 2 atom stereocenters. The summed E-state index contributed by atoms with van der Waals surface area (Å²) in [4.78, 5) is 7.69. The van der Waals surface area contributed by atoms with Gasteiger partial charge in [-0.05, 0) is 68.0 Å². The molecule has 2 saturated heterocycles. The summed E-state index contributed by atoms with van der Waals surface area (Å²) in [6.07, 6.45) is 4.38. The Morgan fingerprint density at radius 2 is 1.97 bits per heavy atom. The van der Waals surface area contributed by atoms with Crippen molar-refractivity contribution in [3.05, 3.63) is 66.2 Å². The van der Waals surface area contributed by atoms with E-state index in [2.05, 4.69) is 65.3 Å². The molecular formula is C30H36B2N4. The lowest BCUT2D eigenvalue weighted by Crippen LogP contribution is -2.41. The Morgan fingerprint density at radius 1 is 1.19 bits per heavy atom. The maximum atomic E-state index is 6.13. The molecule has 1 spiro atoms. The number of rotatable bonds is 6. The Hall–Kier alpha value is -2.56. The van der Waals surface area contributed by atoms with Gasteiger partial charge in [-0.15, -0.1) is 0 Å². The highest BCUT2D eigenvalue weighted by Gasteiger charge is 2.39. The van der Waals surface area contributed by atoms with Crippen LogP contribution in [0.1, 0.15) is 44.2 Å². The molecule has 2 unspecified atom stereocenters. The number of nitrogens with zero attached hydrogens (tertiary/aromatic N) is 2. The molecule has 3 heterocycles. The molecule has 182 valence electrons. The maximum Gasteiger partial charge on any atom is 0.0733 e. The third kappa shape index (κ3) is 5.26. The minimum Gasteiger partial charge on any atom is -0.370 e. The zero-order valence-corrected chi connectivity index (χ0v) is 21.7. The number of fused-ring (bicyclic) bond motifs is 1. The van der Waals surface area contributed by atoms with Gasteiger partial charge >= 0.3 is 0 Å². The predicted molar refractivity (Wildman–Crippen MR) is 155 cm³/mol. The second-order valence-electron chi connectivity index (χ2n) is 11.4. The van der Waals surface area contributed by atoms with Crippen LogP contribution in [0.4, 0.5) is 5.69 Å². The molecule has 0 bridgehead atoms. The number of nitrogens with two attached hydrogens (primary N) is 1. The van der Waals surface area contributed by atoms with E-state index in [0.29, 0.717) is 11.8 Å². The van der Waals surface area contributed by atoms with E-state index in [9.17, 15) is 0 Å². The Kier molecular flexibility index (Phi) is 6.78. The second kappa shape index (κ2) is 9.72. The Labute approximate surface area is 218 Å². The average molecular weight is 474 g/mol. The third-order valence-corrected chi connectivity index (χ3v) is 7.88. The van der Waals surface area contributed by atoms with Crippen molar-refractivity contribution >= 4 is 37.9 Å².